The molecule has 1 aromatic heterocycles. The van der Waals surface area contributed by atoms with Crippen LogP contribution in [0, 0.1) is 5.82 Å². The maximum Gasteiger partial charge on any atom is 0.264 e. The fourth-order valence-corrected chi connectivity index (χ4v) is 4.93. The smallest absolute Gasteiger partial charge is 0.264 e. The van der Waals surface area contributed by atoms with Gasteiger partial charge in [0.2, 0.25) is 0 Å². The van der Waals surface area contributed by atoms with Gasteiger partial charge in [-0.2, -0.15) is 0 Å². The van der Waals surface area contributed by atoms with E-state index in [0.29, 0.717) is 37.2 Å². The highest BCUT2D eigenvalue weighted by Gasteiger charge is 2.23. The van der Waals surface area contributed by atoms with Crippen molar-refractivity contribution in [3.63, 3.8) is 0 Å². The third-order valence-electron chi connectivity index (χ3n) is 5.89. The molecule has 0 bridgehead atoms. The van der Waals surface area contributed by atoms with E-state index in [1.807, 2.05) is 28.5 Å². The second-order valence-electron chi connectivity index (χ2n) is 8.64. The standard InChI is InChI=1S/C26H28ClFN2O2S/c1-18(2)20-4-7-23(8-5-20)32-16-19-13-25(33-17-19)26(31)30-11-9-29(10-12-30)15-21-3-6-22(28)14-24(21)27/h3-8,13-14,17-18H,9-12,15-16H2,1-2H3. The number of halogens is 2. The molecule has 2 aromatic carbocycles. The minimum absolute atomic E-state index is 0.0620. The van der Waals surface area contributed by atoms with Crippen LogP contribution in [-0.4, -0.2) is 41.9 Å². The fourth-order valence-electron chi connectivity index (χ4n) is 3.83. The molecule has 2 heterocycles. The quantitative estimate of drug-likeness (QED) is 0.398. The summed E-state index contributed by atoms with van der Waals surface area (Å²) in [5.74, 6) is 1.05. The van der Waals surface area contributed by atoms with E-state index in [2.05, 4.69) is 30.9 Å². The van der Waals surface area contributed by atoms with Crippen LogP contribution in [0.5, 0.6) is 5.75 Å². The molecule has 33 heavy (non-hydrogen) atoms. The summed E-state index contributed by atoms with van der Waals surface area (Å²) in [6, 6.07) is 14.6. The second kappa shape index (κ2) is 10.7. The maximum absolute atomic E-state index is 13.3. The Morgan fingerprint density at radius 1 is 1.09 bits per heavy atom. The number of benzene rings is 2. The zero-order valence-corrected chi connectivity index (χ0v) is 20.5. The van der Waals surface area contributed by atoms with Crippen molar-refractivity contribution in [1.29, 1.82) is 0 Å². The van der Waals surface area contributed by atoms with E-state index < -0.39 is 0 Å². The number of carbonyl (C=O) groups is 1. The molecule has 0 unspecified atom stereocenters. The van der Waals surface area contributed by atoms with Gasteiger partial charge in [-0.3, -0.25) is 9.69 Å². The van der Waals surface area contributed by atoms with Crippen LogP contribution in [0.1, 0.15) is 46.1 Å². The van der Waals surface area contributed by atoms with Crippen molar-refractivity contribution in [3.8, 4) is 5.75 Å². The molecule has 0 spiro atoms. The van der Waals surface area contributed by atoms with Crippen molar-refractivity contribution in [1.82, 2.24) is 9.80 Å². The fraction of sp³-hybridized carbons (Fsp3) is 0.346. The first-order valence-corrected chi connectivity index (χ1v) is 12.4. The van der Waals surface area contributed by atoms with Gasteiger partial charge in [-0.25, -0.2) is 4.39 Å². The maximum atomic E-state index is 13.3. The summed E-state index contributed by atoms with van der Waals surface area (Å²) >= 11 is 7.62. The van der Waals surface area contributed by atoms with Gasteiger partial charge in [0.05, 0.1) is 4.88 Å². The Hall–Kier alpha value is -2.41. The van der Waals surface area contributed by atoms with Gasteiger partial charge >= 0.3 is 0 Å². The largest absolute Gasteiger partial charge is 0.489 e. The first-order chi connectivity index (χ1) is 15.9. The van der Waals surface area contributed by atoms with Crippen LogP contribution in [0.3, 0.4) is 0 Å². The zero-order valence-electron chi connectivity index (χ0n) is 18.9. The van der Waals surface area contributed by atoms with Gasteiger partial charge < -0.3 is 9.64 Å². The molecule has 0 saturated carbocycles. The molecule has 1 fully saturated rings. The van der Waals surface area contributed by atoms with E-state index in [0.717, 1.165) is 34.8 Å². The molecular weight excluding hydrogens is 459 g/mol. The van der Waals surface area contributed by atoms with Crippen LogP contribution in [0.4, 0.5) is 4.39 Å². The third kappa shape index (κ3) is 6.14. The van der Waals surface area contributed by atoms with Crippen molar-refractivity contribution in [2.45, 2.75) is 32.9 Å². The third-order valence-corrected chi connectivity index (χ3v) is 7.20. The van der Waals surface area contributed by atoms with Gasteiger partial charge in [-0.05, 0) is 52.8 Å². The molecule has 0 atom stereocenters. The molecule has 0 N–H and O–H groups in total. The van der Waals surface area contributed by atoms with Gasteiger partial charge in [0.15, 0.2) is 0 Å². The van der Waals surface area contributed by atoms with E-state index >= 15 is 0 Å². The predicted molar refractivity (Wildman–Crippen MR) is 132 cm³/mol. The van der Waals surface area contributed by atoms with Gasteiger partial charge in [0, 0.05) is 43.3 Å². The molecule has 4 nitrogen and oxygen atoms in total. The lowest BCUT2D eigenvalue weighted by Gasteiger charge is -2.34. The number of hydrogen-bond donors (Lipinski definition) is 0. The zero-order chi connectivity index (χ0) is 23.4. The summed E-state index contributed by atoms with van der Waals surface area (Å²) in [4.78, 5) is 17.8. The van der Waals surface area contributed by atoms with Crippen molar-refractivity contribution < 1.29 is 13.9 Å². The van der Waals surface area contributed by atoms with Crippen LogP contribution in [-0.2, 0) is 13.2 Å². The number of hydrogen-bond acceptors (Lipinski definition) is 4. The summed E-state index contributed by atoms with van der Waals surface area (Å²) in [5, 5.41) is 2.43. The molecule has 1 saturated heterocycles. The molecule has 7 heteroatoms. The summed E-state index contributed by atoms with van der Waals surface area (Å²) < 4.78 is 19.1. The van der Waals surface area contributed by atoms with Crippen LogP contribution < -0.4 is 4.74 Å². The molecule has 1 aliphatic rings. The van der Waals surface area contributed by atoms with Gasteiger partial charge in [0.25, 0.3) is 5.91 Å². The van der Waals surface area contributed by atoms with E-state index in [-0.39, 0.29) is 11.7 Å². The number of amides is 1. The first kappa shape index (κ1) is 23.7. The Balaban J connectivity index is 1.27. The lowest BCUT2D eigenvalue weighted by Crippen LogP contribution is -2.48. The average Bonchev–Trinajstić information content (AvgIpc) is 3.29. The molecular formula is C26H28ClFN2O2S. The highest BCUT2D eigenvalue weighted by molar-refractivity contribution is 7.12. The summed E-state index contributed by atoms with van der Waals surface area (Å²) in [7, 11) is 0. The van der Waals surface area contributed by atoms with Crippen molar-refractivity contribution in [2.75, 3.05) is 26.2 Å². The topological polar surface area (TPSA) is 32.8 Å². The van der Waals surface area contributed by atoms with E-state index in [1.165, 1.54) is 29.0 Å². The molecule has 3 aromatic rings. The monoisotopic (exact) mass is 486 g/mol. The number of thiophene rings is 1. The Kier molecular flexibility index (Phi) is 7.68. The summed E-state index contributed by atoms with van der Waals surface area (Å²) in [6.45, 7) is 8.26. The molecule has 174 valence electrons. The van der Waals surface area contributed by atoms with Crippen LogP contribution in [0.15, 0.2) is 53.9 Å². The average molecular weight is 487 g/mol. The molecule has 0 aliphatic carbocycles. The van der Waals surface area contributed by atoms with Crippen molar-refractivity contribution in [2.24, 2.45) is 0 Å². The van der Waals surface area contributed by atoms with Gasteiger partial charge in [-0.15, -0.1) is 11.3 Å². The highest BCUT2D eigenvalue weighted by atomic mass is 35.5. The summed E-state index contributed by atoms with van der Waals surface area (Å²) in [5.41, 5.74) is 3.19. The molecule has 4 rings (SSSR count). The van der Waals surface area contributed by atoms with Gasteiger partial charge in [-0.1, -0.05) is 43.6 Å². The van der Waals surface area contributed by atoms with E-state index in [1.54, 1.807) is 6.07 Å². The Morgan fingerprint density at radius 3 is 2.48 bits per heavy atom. The second-order valence-corrected chi connectivity index (χ2v) is 9.95. The number of ether oxygens (including phenoxy) is 1. The van der Waals surface area contributed by atoms with E-state index in [9.17, 15) is 9.18 Å². The number of piperazine rings is 1. The molecule has 0 radical (unpaired) electrons. The number of nitrogens with zero attached hydrogens (tertiary/aromatic N) is 2. The van der Waals surface area contributed by atoms with Crippen LogP contribution in [0.25, 0.3) is 0 Å². The minimum Gasteiger partial charge on any atom is -0.489 e. The minimum atomic E-state index is -0.330. The highest BCUT2D eigenvalue weighted by Crippen LogP contribution is 2.23. The Labute approximate surface area is 203 Å². The molecule has 1 amide bonds. The Bertz CT molecular complexity index is 1090. The SMILES string of the molecule is CC(C)c1ccc(OCc2csc(C(=O)N3CCN(Cc4ccc(F)cc4Cl)CC3)c2)cc1. The Morgan fingerprint density at radius 2 is 1.82 bits per heavy atom. The number of rotatable bonds is 7. The van der Waals surface area contributed by atoms with Crippen molar-refractivity contribution in [3.05, 3.63) is 86.3 Å². The predicted octanol–water partition coefficient (Wildman–Crippen LogP) is 6.20. The van der Waals surface area contributed by atoms with Crippen LogP contribution in [0.2, 0.25) is 5.02 Å². The number of carbonyl (C=O) groups excluding carboxylic acids is 1. The van der Waals surface area contributed by atoms with Crippen LogP contribution >= 0.6 is 22.9 Å². The normalized spacial score (nSPS) is 14.6. The lowest BCUT2D eigenvalue weighted by molar-refractivity contribution is 0.0633. The summed E-state index contributed by atoms with van der Waals surface area (Å²) in [6.07, 6.45) is 0. The van der Waals surface area contributed by atoms with E-state index in [4.69, 9.17) is 16.3 Å². The molecule has 1 aliphatic heterocycles. The van der Waals surface area contributed by atoms with Gasteiger partial charge in [0.1, 0.15) is 18.2 Å². The van der Waals surface area contributed by atoms with Crippen molar-refractivity contribution >= 4 is 28.8 Å². The lowest BCUT2D eigenvalue weighted by atomic mass is 10.0. The first-order valence-electron chi connectivity index (χ1n) is 11.1.